The number of nitriles is 1. The van der Waals surface area contributed by atoms with Gasteiger partial charge in [0.15, 0.2) is 0 Å². The number of thiophene rings is 2. The maximum absolute atomic E-state index is 11.4. The Morgan fingerprint density at radius 1 is 0.661 bits per heavy atom. The van der Waals surface area contributed by atoms with Crippen LogP contribution in [0.2, 0.25) is 10.0 Å². The fourth-order valence-corrected chi connectivity index (χ4v) is 8.35. The van der Waals surface area contributed by atoms with Crippen molar-refractivity contribution >= 4 is 99.2 Å². The van der Waals surface area contributed by atoms with Crippen LogP contribution in [0.25, 0.3) is 49.5 Å². The number of ether oxygens (including phenoxy) is 1. The van der Waals surface area contributed by atoms with E-state index in [-0.39, 0.29) is 17.9 Å². The first-order valence-electron chi connectivity index (χ1n) is 17.8. The van der Waals surface area contributed by atoms with Crippen LogP contribution in [-0.4, -0.2) is 17.5 Å². The van der Waals surface area contributed by atoms with Gasteiger partial charge in [-0.05, 0) is 130 Å². The van der Waals surface area contributed by atoms with Crippen molar-refractivity contribution in [2.24, 2.45) is 0 Å². The first kappa shape index (κ1) is 40.2. The fraction of sp³-hybridized carbons (Fsp3) is 0. The third-order valence-electron chi connectivity index (χ3n) is 9.02. The van der Waals surface area contributed by atoms with E-state index in [1.165, 1.54) is 34.8 Å². The van der Waals surface area contributed by atoms with Crippen molar-refractivity contribution < 1.29 is 19.4 Å². The van der Waals surface area contributed by atoms with E-state index in [1.54, 1.807) is 0 Å². The number of carbonyl (C=O) groups excluding carboxylic acids is 1. The first-order chi connectivity index (χ1) is 28.7. The molecule has 0 spiro atoms. The van der Waals surface area contributed by atoms with Crippen LogP contribution >= 0.6 is 45.9 Å². The summed E-state index contributed by atoms with van der Waals surface area (Å²) >= 11 is 15.4. The fourth-order valence-electron chi connectivity index (χ4n) is 6.20. The molecule has 2 heterocycles. The molecular weight excluding hydrogens is 818 g/mol. The van der Waals surface area contributed by atoms with Crippen LogP contribution in [0.1, 0.15) is 26.4 Å². The first-order valence-corrected chi connectivity index (χ1v) is 20.2. The minimum absolute atomic E-state index is 0.0816. The standard InChI is InChI=1S/C48H29Cl2N3O4S2/c1-52-45(48(55)56)28-43-23-25-47(59-43)35-10-20-40(21-11-35)53(39-18-8-34(9-19-39)46-24-22-42(58-46)27-41(29-51)57-30-54)38-16-2-31(3-17-38)26-44(32-4-12-36(49)13-5-32)33-6-14-37(50)15-7-33/h2-28,30H,(H,55,56)/b41-27+,45-28-. The number of benzene rings is 5. The van der Waals surface area contributed by atoms with Gasteiger partial charge in [-0.1, -0.05) is 83.9 Å². The molecule has 0 fully saturated rings. The molecule has 0 saturated heterocycles. The van der Waals surface area contributed by atoms with Gasteiger partial charge in [0.25, 0.3) is 12.2 Å². The molecule has 0 bridgehead atoms. The molecule has 286 valence electrons. The van der Waals surface area contributed by atoms with Crippen LogP contribution < -0.4 is 4.90 Å². The highest BCUT2D eigenvalue weighted by Gasteiger charge is 2.15. The highest BCUT2D eigenvalue weighted by molar-refractivity contribution is 7.16. The van der Waals surface area contributed by atoms with Crippen LogP contribution in [0.4, 0.5) is 17.1 Å². The zero-order valence-electron chi connectivity index (χ0n) is 30.8. The lowest BCUT2D eigenvalue weighted by Crippen LogP contribution is -2.09. The number of carboxylic acid groups (broad SMARTS) is 1. The van der Waals surface area contributed by atoms with E-state index in [2.05, 4.69) is 52.2 Å². The van der Waals surface area contributed by atoms with Gasteiger partial charge in [0.1, 0.15) is 6.07 Å². The van der Waals surface area contributed by atoms with Crippen molar-refractivity contribution in [1.82, 2.24) is 0 Å². The molecule has 0 aliphatic carbocycles. The molecule has 59 heavy (non-hydrogen) atoms. The summed E-state index contributed by atoms with van der Waals surface area (Å²) in [5, 5.41) is 19.9. The zero-order chi connectivity index (χ0) is 41.3. The second kappa shape index (κ2) is 18.5. The molecular formula is C48H29Cl2N3O4S2. The molecule has 0 aliphatic rings. The van der Waals surface area contributed by atoms with Crippen molar-refractivity contribution in [3.8, 4) is 27.0 Å². The summed E-state index contributed by atoms with van der Waals surface area (Å²) in [5.41, 5.74) is 8.38. The van der Waals surface area contributed by atoms with Gasteiger partial charge < -0.3 is 14.7 Å². The number of anilines is 3. The Kier molecular flexibility index (Phi) is 12.6. The molecule has 0 unspecified atom stereocenters. The third-order valence-corrected chi connectivity index (χ3v) is 11.7. The van der Waals surface area contributed by atoms with Crippen LogP contribution in [-0.2, 0) is 14.3 Å². The molecule has 0 saturated carbocycles. The van der Waals surface area contributed by atoms with Gasteiger partial charge in [-0.15, -0.1) is 22.7 Å². The Labute approximate surface area is 358 Å². The van der Waals surface area contributed by atoms with E-state index in [0.717, 1.165) is 65.1 Å². The number of carboxylic acids is 1. The number of carbonyl (C=O) groups is 2. The lowest BCUT2D eigenvalue weighted by molar-refractivity contribution is -0.132. The summed E-state index contributed by atoms with van der Waals surface area (Å²) in [5.74, 6) is -1.34. The molecule has 2 aromatic heterocycles. The summed E-state index contributed by atoms with van der Waals surface area (Å²) in [6.07, 6.45) is 5.06. The molecule has 0 amide bonds. The topological polar surface area (TPSA) is 95.0 Å². The monoisotopic (exact) mass is 845 g/mol. The van der Waals surface area contributed by atoms with Crippen molar-refractivity contribution in [3.05, 3.63) is 205 Å². The van der Waals surface area contributed by atoms with Gasteiger partial charge in [0.05, 0.1) is 6.57 Å². The summed E-state index contributed by atoms with van der Waals surface area (Å²) in [6.45, 7) is 7.42. The van der Waals surface area contributed by atoms with Crippen LogP contribution in [0, 0.1) is 17.9 Å². The van der Waals surface area contributed by atoms with E-state index in [4.69, 9.17) is 34.5 Å². The highest BCUT2D eigenvalue weighted by atomic mass is 35.5. The number of nitrogens with zero attached hydrogens (tertiary/aromatic N) is 3. The summed E-state index contributed by atoms with van der Waals surface area (Å²) in [6, 6.07) is 49.6. The number of hydrogen-bond acceptors (Lipinski definition) is 7. The number of aliphatic carboxylic acids is 1. The second-order valence-corrected chi connectivity index (χ2v) is 15.9. The van der Waals surface area contributed by atoms with Crippen molar-refractivity contribution in [1.29, 1.82) is 5.26 Å². The van der Waals surface area contributed by atoms with Crippen molar-refractivity contribution in [2.75, 3.05) is 4.90 Å². The molecule has 7 nitrogen and oxygen atoms in total. The Morgan fingerprint density at radius 3 is 1.54 bits per heavy atom. The maximum Gasteiger partial charge on any atom is 0.333 e. The average Bonchev–Trinajstić information content (AvgIpc) is 3.94. The van der Waals surface area contributed by atoms with E-state index in [1.807, 2.05) is 115 Å². The Bertz CT molecular complexity index is 2760. The van der Waals surface area contributed by atoms with E-state index in [9.17, 15) is 20.0 Å². The molecule has 5 aromatic carbocycles. The van der Waals surface area contributed by atoms with Crippen LogP contribution in [0.5, 0.6) is 0 Å². The van der Waals surface area contributed by atoms with Crippen LogP contribution in [0.15, 0.2) is 157 Å². The number of hydrogen-bond donors (Lipinski definition) is 1. The summed E-state index contributed by atoms with van der Waals surface area (Å²) in [4.78, 5) is 30.8. The Hall–Kier alpha value is -6.98. The van der Waals surface area contributed by atoms with Gasteiger partial charge in [-0.25, -0.2) is 4.85 Å². The maximum atomic E-state index is 11.4. The minimum Gasteiger partial charge on any atom is -0.486 e. The van der Waals surface area contributed by atoms with E-state index < -0.39 is 5.97 Å². The van der Waals surface area contributed by atoms with Crippen LogP contribution in [0.3, 0.4) is 0 Å². The molecule has 0 aliphatic heterocycles. The normalized spacial score (nSPS) is 11.3. The number of allylic oxidation sites excluding steroid dienone is 1. The highest BCUT2D eigenvalue weighted by Crippen LogP contribution is 2.39. The van der Waals surface area contributed by atoms with Gasteiger partial charge in [-0.2, -0.15) is 5.26 Å². The lowest BCUT2D eigenvalue weighted by atomic mass is 9.95. The van der Waals surface area contributed by atoms with Crippen molar-refractivity contribution in [3.63, 3.8) is 0 Å². The number of halogens is 2. The molecule has 7 rings (SSSR count). The van der Waals surface area contributed by atoms with Crippen molar-refractivity contribution in [2.45, 2.75) is 0 Å². The molecule has 0 atom stereocenters. The van der Waals surface area contributed by atoms with Gasteiger partial charge in [0.2, 0.25) is 5.76 Å². The number of rotatable bonds is 13. The van der Waals surface area contributed by atoms with Gasteiger partial charge in [-0.3, -0.25) is 9.59 Å². The molecule has 7 aromatic rings. The summed E-state index contributed by atoms with van der Waals surface area (Å²) in [7, 11) is 0. The lowest BCUT2D eigenvalue weighted by Gasteiger charge is -2.26. The predicted molar refractivity (Wildman–Crippen MR) is 241 cm³/mol. The molecule has 1 N–H and O–H groups in total. The second-order valence-electron chi connectivity index (χ2n) is 12.8. The Morgan fingerprint density at radius 2 is 1.12 bits per heavy atom. The average molecular weight is 847 g/mol. The Balaban J connectivity index is 1.24. The molecule has 11 heteroatoms. The van der Waals surface area contributed by atoms with E-state index in [0.29, 0.717) is 14.9 Å². The summed E-state index contributed by atoms with van der Waals surface area (Å²) < 4.78 is 4.75. The predicted octanol–water partition coefficient (Wildman–Crippen LogP) is 13.9. The third kappa shape index (κ3) is 9.77. The quantitative estimate of drug-likeness (QED) is 0.0310. The van der Waals surface area contributed by atoms with Gasteiger partial charge in [0, 0.05) is 52.7 Å². The molecule has 0 radical (unpaired) electrons. The largest absolute Gasteiger partial charge is 0.486 e. The smallest absolute Gasteiger partial charge is 0.333 e. The van der Waals surface area contributed by atoms with E-state index >= 15 is 0 Å². The SMILES string of the molecule is [C-]#[N+]/C(=C\c1ccc(-c2ccc(N(c3ccc(C=C(c4ccc(Cl)cc4)c4ccc(Cl)cc4)cc3)c3ccc(-c4ccc(/C=C(\C#N)OC=O)s4)cc3)cc2)s1)C(=O)O. The zero-order valence-corrected chi connectivity index (χ0v) is 33.9. The minimum atomic E-state index is -1.26. The van der Waals surface area contributed by atoms with Gasteiger partial charge >= 0.3 is 5.97 Å².